The molecule has 3 heterocycles. The Morgan fingerprint density at radius 1 is 1.26 bits per heavy atom. The summed E-state index contributed by atoms with van der Waals surface area (Å²) in [5.74, 6) is -1.17. The topological polar surface area (TPSA) is 118 Å². The third kappa shape index (κ3) is 4.34. The smallest absolute Gasteiger partial charge is 0.282 e. The SMILES string of the molecule is CCCNC(=O)c1c(NC(=O)c2cc(C(F)F)nn2-c2ncccc2Cl)c(C)cc2cn[nH]c12. The molecular formula is C22H20ClF2N7O2. The summed E-state index contributed by atoms with van der Waals surface area (Å²) in [6.07, 6.45) is 0.761. The zero-order valence-corrected chi connectivity index (χ0v) is 19.0. The minimum absolute atomic E-state index is 0.0165. The van der Waals surface area contributed by atoms with Crippen molar-refractivity contribution in [3.05, 3.63) is 64.2 Å². The van der Waals surface area contributed by atoms with Gasteiger partial charge in [0.25, 0.3) is 18.2 Å². The van der Waals surface area contributed by atoms with Gasteiger partial charge in [-0.3, -0.25) is 14.7 Å². The quantitative estimate of drug-likeness (QED) is 0.356. The van der Waals surface area contributed by atoms with E-state index in [1.165, 1.54) is 12.3 Å². The molecule has 0 unspecified atom stereocenters. The van der Waals surface area contributed by atoms with Crippen molar-refractivity contribution in [1.82, 2.24) is 30.3 Å². The Kier molecular flexibility index (Phi) is 6.55. The molecule has 3 N–H and O–H groups in total. The van der Waals surface area contributed by atoms with Gasteiger partial charge in [0.1, 0.15) is 11.4 Å². The van der Waals surface area contributed by atoms with Crippen molar-refractivity contribution in [2.45, 2.75) is 26.7 Å². The molecule has 0 fully saturated rings. The number of hydrogen-bond acceptors (Lipinski definition) is 5. The number of amides is 2. The largest absolute Gasteiger partial charge is 0.352 e. The number of aromatic amines is 1. The fourth-order valence-electron chi connectivity index (χ4n) is 3.49. The zero-order valence-electron chi connectivity index (χ0n) is 18.2. The number of aryl methyl sites for hydroxylation is 1. The van der Waals surface area contributed by atoms with E-state index in [9.17, 15) is 18.4 Å². The van der Waals surface area contributed by atoms with E-state index in [4.69, 9.17) is 11.6 Å². The molecule has 176 valence electrons. The fourth-order valence-corrected chi connectivity index (χ4v) is 3.69. The standard InChI is InChI=1S/C22H20ClF2N7O2/c1-3-6-27-22(34)16-17(11(2)8-12-10-28-30-18(12)16)29-21(33)15-9-14(19(24)25)31-32(15)20-13(23)5-4-7-26-20/h4-5,7-10,19H,3,6H2,1-2H3,(H,27,34)(H,28,30)(H,29,33). The zero-order chi connectivity index (χ0) is 24.4. The number of benzene rings is 1. The Morgan fingerprint density at radius 3 is 2.76 bits per heavy atom. The number of carbonyl (C=O) groups is 2. The van der Waals surface area contributed by atoms with Gasteiger partial charge in [0.15, 0.2) is 5.82 Å². The summed E-state index contributed by atoms with van der Waals surface area (Å²) in [6.45, 7) is 4.06. The van der Waals surface area contributed by atoms with Crippen LogP contribution in [0.25, 0.3) is 16.7 Å². The van der Waals surface area contributed by atoms with Gasteiger partial charge in [0.05, 0.1) is 28.0 Å². The number of fused-ring (bicyclic) bond motifs is 1. The number of anilines is 1. The van der Waals surface area contributed by atoms with Crippen molar-refractivity contribution in [3.8, 4) is 5.82 Å². The molecule has 34 heavy (non-hydrogen) atoms. The Balaban J connectivity index is 1.81. The van der Waals surface area contributed by atoms with Gasteiger partial charge < -0.3 is 10.6 Å². The third-order valence-corrected chi connectivity index (χ3v) is 5.36. The lowest BCUT2D eigenvalue weighted by molar-refractivity contribution is 0.0956. The maximum Gasteiger partial charge on any atom is 0.282 e. The first-order valence-electron chi connectivity index (χ1n) is 10.4. The highest BCUT2D eigenvalue weighted by Gasteiger charge is 2.26. The van der Waals surface area contributed by atoms with Gasteiger partial charge in [-0.25, -0.2) is 18.4 Å². The van der Waals surface area contributed by atoms with Crippen molar-refractivity contribution in [3.63, 3.8) is 0 Å². The summed E-state index contributed by atoms with van der Waals surface area (Å²) in [4.78, 5) is 30.4. The number of halogens is 3. The molecule has 1 aromatic carbocycles. The van der Waals surface area contributed by atoms with E-state index in [1.807, 2.05) is 6.92 Å². The van der Waals surface area contributed by atoms with Crippen LogP contribution in [0.4, 0.5) is 14.5 Å². The average molecular weight is 488 g/mol. The second-order valence-electron chi connectivity index (χ2n) is 7.46. The van der Waals surface area contributed by atoms with E-state index in [0.717, 1.165) is 10.7 Å². The second kappa shape index (κ2) is 9.56. The molecule has 0 bridgehead atoms. The van der Waals surface area contributed by atoms with Crippen molar-refractivity contribution in [1.29, 1.82) is 0 Å². The molecule has 0 saturated carbocycles. The van der Waals surface area contributed by atoms with Crippen molar-refractivity contribution in [2.24, 2.45) is 0 Å². The van der Waals surface area contributed by atoms with Crippen LogP contribution in [0.5, 0.6) is 0 Å². The first-order chi connectivity index (χ1) is 16.3. The molecule has 0 aliphatic carbocycles. The monoisotopic (exact) mass is 487 g/mol. The molecule has 9 nitrogen and oxygen atoms in total. The van der Waals surface area contributed by atoms with E-state index in [2.05, 4.69) is 30.9 Å². The molecule has 4 rings (SSSR count). The molecule has 2 amide bonds. The third-order valence-electron chi connectivity index (χ3n) is 5.06. The molecule has 12 heteroatoms. The highest BCUT2D eigenvalue weighted by atomic mass is 35.5. The van der Waals surface area contributed by atoms with Gasteiger partial charge in [-0.05, 0) is 43.2 Å². The molecule has 0 saturated heterocycles. The van der Waals surface area contributed by atoms with Gasteiger partial charge in [-0.1, -0.05) is 18.5 Å². The molecule has 3 aromatic heterocycles. The molecule has 0 aliphatic rings. The average Bonchev–Trinajstić information content (AvgIpc) is 3.45. The number of alkyl halides is 2. The summed E-state index contributed by atoms with van der Waals surface area (Å²) >= 11 is 6.17. The highest BCUT2D eigenvalue weighted by Crippen LogP contribution is 2.30. The van der Waals surface area contributed by atoms with Gasteiger partial charge in [-0.2, -0.15) is 10.2 Å². The predicted octanol–water partition coefficient (Wildman–Crippen LogP) is 4.44. The minimum Gasteiger partial charge on any atom is -0.352 e. The second-order valence-corrected chi connectivity index (χ2v) is 7.87. The van der Waals surface area contributed by atoms with Crippen LogP contribution in [-0.4, -0.2) is 43.3 Å². The number of carbonyl (C=O) groups excluding carboxylic acids is 2. The fraction of sp³-hybridized carbons (Fsp3) is 0.227. The number of aromatic nitrogens is 5. The normalized spacial score (nSPS) is 11.2. The molecule has 0 atom stereocenters. The Hall–Kier alpha value is -3.86. The van der Waals surface area contributed by atoms with Crippen molar-refractivity contribution >= 4 is 40.0 Å². The summed E-state index contributed by atoms with van der Waals surface area (Å²) in [6, 6.07) is 5.78. The molecule has 0 spiro atoms. The maximum atomic E-state index is 13.4. The molecule has 0 radical (unpaired) electrons. The Morgan fingerprint density at radius 2 is 2.06 bits per heavy atom. The van der Waals surface area contributed by atoms with E-state index >= 15 is 0 Å². The molecule has 0 aliphatic heterocycles. The Labute approximate surface area is 197 Å². The predicted molar refractivity (Wildman–Crippen MR) is 123 cm³/mol. The number of rotatable bonds is 7. The summed E-state index contributed by atoms with van der Waals surface area (Å²) in [5.41, 5.74) is 0.580. The maximum absolute atomic E-state index is 13.4. The van der Waals surface area contributed by atoms with Crippen LogP contribution in [0.2, 0.25) is 5.02 Å². The summed E-state index contributed by atoms with van der Waals surface area (Å²) in [7, 11) is 0. The highest BCUT2D eigenvalue weighted by molar-refractivity contribution is 6.32. The van der Waals surface area contributed by atoms with Crippen LogP contribution >= 0.6 is 11.6 Å². The van der Waals surface area contributed by atoms with Crippen LogP contribution in [0, 0.1) is 6.92 Å². The van der Waals surface area contributed by atoms with Gasteiger partial charge in [0.2, 0.25) is 0 Å². The van der Waals surface area contributed by atoms with Crippen molar-refractivity contribution in [2.75, 3.05) is 11.9 Å². The summed E-state index contributed by atoms with van der Waals surface area (Å²) in [5, 5.41) is 16.9. The van der Waals surface area contributed by atoms with Crippen molar-refractivity contribution < 1.29 is 18.4 Å². The summed E-state index contributed by atoms with van der Waals surface area (Å²) < 4.78 is 27.8. The number of pyridine rings is 1. The van der Waals surface area contributed by atoms with E-state index < -0.39 is 23.9 Å². The van der Waals surface area contributed by atoms with E-state index in [1.54, 1.807) is 25.3 Å². The van der Waals surface area contributed by atoms with Crippen LogP contribution in [0.1, 0.15) is 51.9 Å². The van der Waals surface area contributed by atoms with Gasteiger partial charge in [0, 0.05) is 18.1 Å². The first-order valence-corrected chi connectivity index (χ1v) is 10.7. The minimum atomic E-state index is -2.92. The number of hydrogen-bond donors (Lipinski definition) is 3. The van der Waals surface area contributed by atoms with Crippen LogP contribution in [-0.2, 0) is 0 Å². The van der Waals surface area contributed by atoms with Crippen LogP contribution < -0.4 is 10.6 Å². The molecular weight excluding hydrogens is 468 g/mol. The van der Waals surface area contributed by atoms with Gasteiger partial charge >= 0.3 is 0 Å². The lowest BCUT2D eigenvalue weighted by Crippen LogP contribution is -2.27. The number of nitrogens with zero attached hydrogens (tertiary/aromatic N) is 4. The molecule has 4 aromatic rings. The lowest BCUT2D eigenvalue weighted by Gasteiger charge is -2.15. The van der Waals surface area contributed by atoms with E-state index in [0.29, 0.717) is 29.4 Å². The number of nitrogens with one attached hydrogen (secondary N) is 3. The van der Waals surface area contributed by atoms with Crippen LogP contribution in [0.3, 0.4) is 0 Å². The lowest BCUT2D eigenvalue weighted by atomic mass is 10.0. The number of H-pyrrole nitrogens is 1. The van der Waals surface area contributed by atoms with Gasteiger partial charge in [-0.15, -0.1) is 0 Å². The Bertz CT molecular complexity index is 1380. The first kappa shape index (κ1) is 23.3. The van der Waals surface area contributed by atoms with Crippen LogP contribution in [0.15, 0.2) is 36.7 Å². The van der Waals surface area contributed by atoms with E-state index in [-0.39, 0.29) is 27.8 Å².